The van der Waals surface area contributed by atoms with Crippen LogP contribution in [-0.2, 0) is 5.41 Å². The molecule has 0 fully saturated rings. The molecule has 0 bridgehead atoms. The molecule has 0 aliphatic carbocycles. The second-order valence-electron chi connectivity index (χ2n) is 5.40. The molecule has 1 aromatic heterocycles. The molecule has 2 aromatic rings. The Labute approximate surface area is 124 Å². The number of aromatic nitrogens is 2. The van der Waals surface area contributed by atoms with Gasteiger partial charge in [0.15, 0.2) is 11.6 Å². The maximum atomic E-state index is 13.2. The van der Waals surface area contributed by atoms with Crippen molar-refractivity contribution in [2.24, 2.45) is 0 Å². The highest BCUT2D eigenvalue weighted by Gasteiger charge is 2.18. The van der Waals surface area contributed by atoms with E-state index >= 15 is 0 Å². The summed E-state index contributed by atoms with van der Waals surface area (Å²) in [6, 6.07) is 5.28. The first-order valence-electron chi connectivity index (χ1n) is 6.03. The summed E-state index contributed by atoms with van der Waals surface area (Å²) >= 11 is 3.32. The van der Waals surface area contributed by atoms with Gasteiger partial charge in [-0.3, -0.25) is 0 Å². The van der Waals surface area contributed by atoms with Crippen molar-refractivity contribution < 1.29 is 8.78 Å². The summed E-state index contributed by atoms with van der Waals surface area (Å²) in [5.41, 5.74) is 0.211. The van der Waals surface area contributed by atoms with Crippen LogP contribution in [0.1, 0.15) is 26.6 Å². The van der Waals surface area contributed by atoms with Crippen LogP contribution in [0.3, 0.4) is 0 Å². The van der Waals surface area contributed by atoms with Gasteiger partial charge in [-0.2, -0.15) is 0 Å². The molecule has 0 saturated heterocycles. The molecule has 0 aliphatic heterocycles. The van der Waals surface area contributed by atoms with Crippen molar-refractivity contribution in [3.63, 3.8) is 0 Å². The normalized spacial score (nSPS) is 11.5. The number of nitrogens with zero attached hydrogens (tertiary/aromatic N) is 2. The molecule has 0 atom stereocenters. The van der Waals surface area contributed by atoms with Gasteiger partial charge in [0.1, 0.15) is 16.2 Å². The molecular weight excluding hydrogens is 328 g/mol. The third-order valence-corrected chi connectivity index (χ3v) is 2.96. The van der Waals surface area contributed by atoms with Gasteiger partial charge in [-0.15, -0.1) is 0 Å². The summed E-state index contributed by atoms with van der Waals surface area (Å²) in [7, 11) is 0. The molecule has 3 nitrogen and oxygen atoms in total. The topological polar surface area (TPSA) is 37.8 Å². The van der Waals surface area contributed by atoms with Gasteiger partial charge < -0.3 is 5.32 Å². The van der Waals surface area contributed by atoms with Gasteiger partial charge >= 0.3 is 0 Å². The first-order chi connectivity index (χ1) is 9.25. The first-order valence-corrected chi connectivity index (χ1v) is 6.82. The lowest BCUT2D eigenvalue weighted by Crippen LogP contribution is -2.16. The van der Waals surface area contributed by atoms with E-state index in [4.69, 9.17) is 0 Å². The van der Waals surface area contributed by atoms with E-state index in [9.17, 15) is 8.78 Å². The number of benzene rings is 1. The van der Waals surface area contributed by atoms with Crippen molar-refractivity contribution in [2.45, 2.75) is 26.2 Å². The molecule has 6 heteroatoms. The minimum absolute atomic E-state index is 0.214. The Morgan fingerprint density at radius 1 is 1.05 bits per heavy atom. The van der Waals surface area contributed by atoms with Gasteiger partial charge in [0.2, 0.25) is 0 Å². The third-order valence-electron chi connectivity index (χ3n) is 2.56. The molecule has 1 N–H and O–H groups in total. The van der Waals surface area contributed by atoms with Crippen molar-refractivity contribution in [2.75, 3.05) is 5.32 Å². The molecule has 0 unspecified atom stereocenters. The van der Waals surface area contributed by atoms with E-state index in [1.165, 1.54) is 6.07 Å². The molecule has 0 aliphatic rings. The van der Waals surface area contributed by atoms with E-state index in [1.807, 2.05) is 20.8 Å². The second-order valence-corrected chi connectivity index (χ2v) is 6.22. The molecular formula is C14H14BrF2N3. The van der Waals surface area contributed by atoms with E-state index in [0.717, 1.165) is 12.1 Å². The first kappa shape index (κ1) is 14.8. The maximum Gasteiger partial charge on any atom is 0.160 e. The standard InChI is InChI=1S/C14H14BrF2N3/c1-14(2,3)13-19-11(15)7-12(20-13)18-8-4-5-9(16)10(17)6-8/h4-7H,1-3H3,(H,18,19,20). The Balaban J connectivity index is 2.33. The molecule has 2 rings (SSSR count). The van der Waals surface area contributed by atoms with E-state index in [2.05, 4.69) is 31.2 Å². The Hall–Kier alpha value is -1.56. The maximum absolute atomic E-state index is 13.2. The Kier molecular flexibility index (Phi) is 4.04. The highest BCUT2D eigenvalue weighted by atomic mass is 79.9. The summed E-state index contributed by atoms with van der Waals surface area (Å²) in [5.74, 6) is -0.617. The van der Waals surface area contributed by atoms with Crippen LogP contribution in [0, 0.1) is 11.6 Å². The zero-order chi connectivity index (χ0) is 14.9. The van der Waals surface area contributed by atoms with Crippen LogP contribution >= 0.6 is 15.9 Å². The second kappa shape index (κ2) is 5.44. The van der Waals surface area contributed by atoms with E-state index < -0.39 is 11.6 Å². The third kappa shape index (κ3) is 3.50. The highest BCUT2D eigenvalue weighted by molar-refractivity contribution is 9.10. The number of anilines is 2. The minimum atomic E-state index is -0.904. The van der Waals surface area contributed by atoms with Gasteiger partial charge in [-0.25, -0.2) is 18.7 Å². The average Bonchev–Trinajstić information content (AvgIpc) is 2.32. The lowest BCUT2D eigenvalue weighted by Gasteiger charge is -2.18. The molecule has 0 radical (unpaired) electrons. The summed E-state index contributed by atoms with van der Waals surface area (Å²) in [4.78, 5) is 8.69. The lowest BCUT2D eigenvalue weighted by molar-refractivity contribution is 0.509. The van der Waals surface area contributed by atoms with Crippen molar-refractivity contribution in [3.05, 3.63) is 46.3 Å². The monoisotopic (exact) mass is 341 g/mol. The highest BCUT2D eigenvalue weighted by Crippen LogP contribution is 2.24. The SMILES string of the molecule is CC(C)(C)c1nc(Br)cc(Nc2ccc(F)c(F)c2)n1. The summed E-state index contributed by atoms with van der Waals surface area (Å²) in [5, 5.41) is 2.94. The van der Waals surface area contributed by atoms with Gasteiger partial charge in [0.25, 0.3) is 0 Å². The van der Waals surface area contributed by atoms with Gasteiger partial charge in [0.05, 0.1) is 0 Å². The van der Waals surface area contributed by atoms with Crippen LogP contribution in [0.5, 0.6) is 0 Å². The van der Waals surface area contributed by atoms with E-state index in [0.29, 0.717) is 21.9 Å². The fourth-order valence-electron chi connectivity index (χ4n) is 1.54. The Morgan fingerprint density at radius 3 is 2.35 bits per heavy atom. The van der Waals surface area contributed by atoms with Crippen molar-refractivity contribution in [1.82, 2.24) is 9.97 Å². The predicted molar refractivity (Wildman–Crippen MR) is 78.1 cm³/mol. The van der Waals surface area contributed by atoms with Crippen molar-refractivity contribution >= 4 is 27.4 Å². The van der Waals surface area contributed by atoms with Crippen molar-refractivity contribution in [3.8, 4) is 0 Å². The lowest BCUT2D eigenvalue weighted by atomic mass is 9.96. The zero-order valence-corrected chi connectivity index (χ0v) is 12.9. The number of nitrogens with one attached hydrogen (secondary N) is 1. The molecule has 1 heterocycles. The largest absolute Gasteiger partial charge is 0.340 e. The van der Waals surface area contributed by atoms with Crippen LogP contribution < -0.4 is 5.32 Å². The molecule has 1 aromatic carbocycles. The zero-order valence-electron chi connectivity index (χ0n) is 11.3. The fraction of sp³-hybridized carbons (Fsp3) is 0.286. The van der Waals surface area contributed by atoms with Crippen LogP contribution in [-0.4, -0.2) is 9.97 Å². The predicted octanol–water partition coefficient (Wildman–Crippen LogP) is 4.56. The minimum Gasteiger partial charge on any atom is -0.340 e. The van der Waals surface area contributed by atoms with Crippen LogP contribution in [0.2, 0.25) is 0 Å². The van der Waals surface area contributed by atoms with Crippen LogP contribution in [0.15, 0.2) is 28.9 Å². The number of rotatable bonds is 2. The molecule has 0 spiro atoms. The molecule has 0 saturated carbocycles. The average molecular weight is 342 g/mol. The summed E-state index contributed by atoms with van der Waals surface area (Å²) in [6.07, 6.45) is 0. The quantitative estimate of drug-likeness (QED) is 0.813. The van der Waals surface area contributed by atoms with Crippen molar-refractivity contribution in [1.29, 1.82) is 0 Å². The number of hydrogen-bond acceptors (Lipinski definition) is 3. The fourth-order valence-corrected chi connectivity index (χ4v) is 1.92. The van der Waals surface area contributed by atoms with Gasteiger partial charge in [0, 0.05) is 23.2 Å². The van der Waals surface area contributed by atoms with Crippen LogP contribution in [0.25, 0.3) is 0 Å². The number of halogens is 3. The molecule has 106 valence electrons. The number of hydrogen-bond donors (Lipinski definition) is 1. The smallest absolute Gasteiger partial charge is 0.160 e. The Morgan fingerprint density at radius 2 is 1.75 bits per heavy atom. The molecule has 20 heavy (non-hydrogen) atoms. The molecule has 0 amide bonds. The van der Waals surface area contributed by atoms with Gasteiger partial charge in [-0.1, -0.05) is 20.8 Å². The van der Waals surface area contributed by atoms with E-state index in [1.54, 1.807) is 6.07 Å². The summed E-state index contributed by atoms with van der Waals surface area (Å²) in [6.45, 7) is 5.99. The Bertz CT molecular complexity index is 639. The summed E-state index contributed by atoms with van der Waals surface area (Å²) < 4.78 is 26.7. The van der Waals surface area contributed by atoms with Crippen LogP contribution in [0.4, 0.5) is 20.3 Å². The van der Waals surface area contributed by atoms with E-state index in [-0.39, 0.29) is 5.41 Å². The van der Waals surface area contributed by atoms with Gasteiger partial charge in [-0.05, 0) is 28.1 Å².